The van der Waals surface area contributed by atoms with Crippen LogP contribution in [0.15, 0.2) is 36.9 Å². The van der Waals surface area contributed by atoms with E-state index in [1.54, 1.807) is 0 Å². The third-order valence-corrected chi connectivity index (χ3v) is 2.67. The van der Waals surface area contributed by atoms with Gasteiger partial charge in [0.15, 0.2) is 0 Å². The molecule has 0 bridgehead atoms. The molecular weight excluding hydrogens is 536 g/mol. The van der Waals surface area contributed by atoms with Gasteiger partial charge in [0, 0.05) is 47.0 Å². The average molecular weight is 566 g/mol. The Morgan fingerprint density at radius 2 is 0.743 bits per heavy atom. The zero-order valence-corrected chi connectivity index (χ0v) is 18.9. The molecule has 0 aliphatic rings. The fourth-order valence-corrected chi connectivity index (χ4v) is 1.33. The van der Waals surface area contributed by atoms with Crippen LogP contribution in [-0.4, -0.2) is 68.8 Å². The molecule has 35 heavy (non-hydrogen) atoms. The van der Waals surface area contributed by atoms with E-state index in [1.807, 2.05) is 0 Å². The van der Waals surface area contributed by atoms with Crippen LogP contribution in [0.5, 0.6) is 0 Å². The zero-order chi connectivity index (χ0) is 21.7. The van der Waals surface area contributed by atoms with Crippen LogP contribution >= 0.6 is 0 Å². The summed E-state index contributed by atoms with van der Waals surface area (Å²) in [4.78, 5) is 47.6. The second-order valence-corrected chi connectivity index (χ2v) is 4.78. The molecule has 0 unspecified atom stereocenters. The summed E-state index contributed by atoms with van der Waals surface area (Å²) in [6, 6.07) is 1.86. The quantitative estimate of drug-likeness (QED) is 0.254. The predicted molar refractivity (Wildman–Crippen MR) is 106 cm³/mol. The van der Waals surface area contributed by atoms with E-state index in [-0.39, 0.29) is 72.2 Å². The summed E-state index contributed by atoms with van der Waals surface area (Å²) in [5, 5.41) is 40.8. The second-order valence-electron chi connectivity index (χ2n) is 4.78. The van der Waals surface area contributed by atoms with E-state index in [4.69, 9.17) is 0 Å². The van der Waals surface area contributed by atoms with Gasteiger partial charge in [0.1, 0.15) is 13.1 Å². The fraction of sp³-hybridized carbons (Fsp3) is 0.125. The average Bonchev–Trinajstić information content (AvgIpc) is 2.68. The van der Waals surface area contributed by atoms with Gasteiger partial charge in [-0.05, 0) is 12.1 Å². The molecule has 0 saturated heterocycles. The molecule has 0 atom stereocenters. The van der Waals surface area contributed by atoms with Crippen molar-refractivity contribution in [2.75, 3.05) is 13.1 Å². The van der Waals surface area contributed by atoms with E-state index < -0.39 is 23.9 Å². The number of hydrogen-bond donors (Lipinski definition) is 2. The van der Waals surface area contributed by atoms with E-state index in [2.05, 4.69) is 21.4 Å². The van der Waals surface area contributed by atoms with E-state index in [1.165, 1.54) is 0 Å². The predicted octanol–water partition coefficient (Wildman–Crippen LogP) is -12.1. The number of carbonyl (C=O) groups is 4. The first-order valence-electron chi connectivity index (χ1n) is 7.48. The smallest absolute Gasteiger partial charge is 0.545 e. The van der Waals surface area contributed by atoms with Crippen molar-refractivity contribution in [3.8, 4) is 0 Å². The first kappa shape index (κ1) is 53.0. The minimum Gasteiger partial charge on any atom is -0.545 e. The van der Waals surface area contributed by atoms with Crippen molar-refractivity contribution in [2.45, 2.75) is 0 Å². The van der Waals surface area contributed by atoms with Crippen LogP contribution in [0.4, 0.5) is 0 Å². The van der Waals surface area contributed by atoms with Crippen LogP contribution in [0.2, 0.25) is 0 Å². The molecule has 19 heteroatoms. The summed E-state index contributed by atoms with van der Waals surface area (Å²) in [5.74, 6) is -5.87. The van der Waals surface area contributed by atoms with Crippen molar-refractivity contribution < 1.29 is 101 Å². The van der Waals surface area contributed by atoms with Crippen LogP contribution in [0.25, 0.3) is 0 Å². The monoisotopic (exact) mass is 565 g/mol. The molecule has 0 aliphatic heterocycles. The van der Waals surface area contributed by atoms with Gasteiger partial charge in [0.2, 0.25) is 0 Å². The molecule has 18 nitrogen and oxygen atoms in total. The van der Waals surface area contributed by atoms with Crippen LogP contribution < -0.4 is 31.9 Å². The Hall–Kier alpha value is -3.62. The number of pyridine rings is 2. The third-order valence-electron chi connectivity index (χ3n) is 2.67. The summed E-state index contributed by atoms with van der Waals surface area (Å²) in [7, 11) is 0. The van der Waals surface area contributed by atoms with Crippen LogP contribution in [-0.2, 0) is 28.0 Å². The largest absolute Gasteiger partial charge is 2.00 e. The van der Waals surface area contributed by atoms with Crippen molar-refractivity contribution in [3.05, 3.63) is 59.2 Å². The fourth-order valence-electron chi connectivity index (χ4n) is 1.33. The minimum atomic E-state index is -1.47. The number of carboxylic acid groups (broad SMARTS) is 4. The third kappa shape index (κ3) is 22.0. The molecule has 0 amide bonds. The Kier molecular flexibility index (Phi) is 43.0. The van der Waals surface area contributed by atoms with E-state index >= 15 is 0 Å². The van der Waals surface area contributed by atoms with Crippen LogP contribution in [0.3, 0.4) is 0 Å². The van der Waals surface area contributed by atoms with Gasteiger partial charge < -0.3 is 83.9 Å². The van der Waals surface area contributed by atoms with Gasteiger partial charge in [0.25, 0.3) is 0 Å². The van der Waals surface area contributed by atoms with Gasteiger partial charge in [-0.3, -0.25) is 9.97 Å². The molecule has 0 spiro atoms. The summed E-state index contributed by atoms with van der Waals surface area (Å²) in [5.41, 5.74) is 5.96. The van der Waals surface area contributed by atoms with E-state index in [0.717, 1.165) is 50.0 Å². The number of rotatable bonds is 5. The maximum atomic E-state index is 10.2. The van der Waals surface area contributed by atoms with Crippen molar-refractivity contribution in [3.63, 3.8) is 0 Å². The van der Waals surface area contributed by atoms with Gasteiger partial charge >= 0.3 is 17.1 Å². The number of carbonyl (C=O) groups excluding carboxylic acids is 4. The van der Waals surface area contributed by atoms with Gasteiger partial charge in [-0.1, -0.05) is 0 Å². The maximum Gasteiger partial charge on any atom is 2.00 e. The van der Waals surface area contributed by atoms with Gasteiger partial charge in [0.05, 0.1) is 23.9 Å². The molecule has 0 saturated carbocycles. The standard InChI is InChI=1S/2C7H5NO4.C2H8N2.Cu.6H2O/c2*9-6(10)4-1-5(7(11)12)3-8-2-4;3-1-2-4;;;;;;;/h2*1-3H,(H,9,10)(H,11,12);1-4H2;;6*1H2/q;;;+2;;;;;;. The Balaban J connectivity index is -0.0000000513. The molecular formula is C16H30CuN4O14+2. The molecule has 1 radical (unpaired) electrons. The molecule has 207 valence electrons. The van der Waals surface area contributed by atoms with E-state index in [9.17, 15) is 39.6 Å². The first-order chi connectivity index (χ1) is 13.1. The molecule has 2 heterocycles. The summed E-state index contributed by atoms with van der Waals surface area (Å²) in [6.07, 6.45) is 4.01. The summed E-state index contributed by atoms with van der Waals surface area (Å²) in [6.45, 7) is 1.92. The van der Waals surface area contributed by atoms with Gasteiger partial charge in [-0.2, -0.15) is 0 Å². The normalized spacial score (nSPS) is 7.26. The Bertz CT molecular complexity index is 729. The molecule has 2 aromatic rings. The number of aromatic carboxylic acids is 4. The molecule has 0 fully saturated rings. The Labute approximate surface area is 207 Å². The van der Waals surface area contributed by atoms with Crippen molar-refractivity contribution in [1.29, 1.82) is 0 Å². The number of quaternary nitrogens is 2. The summed E-state index contributed by atoms with van der Waals surface area (Å²) >= 11 is 0. The van der Waals surface area contributed by atoms with Crippen molar-refractivity contribution in [1.82, 2.24) is 9.97 Å². The maximum absolute atomic E-state index is 10.2. The number of carboxylic acids is 4. The number of aromatic nitrogens is 2. The molecule has 2 rings (SSSR count). The Morgan fingerprint density at radius 3 is 0.857 bits per heavy atom. The van der Waals surface area contributed by atoms with Crippen molar-refractivity contribution in [2.24, 2.45) is 0 Å². The van der Waals surface area contributed by atoms with Crippen molar-refractivity contribution >= 4 is 23.9 Å². The van der Waals surface area contributed by atoms with Gasteiger partial charge in [-0.15, -0.1) is 0 Å². The van der Waals surface area contributed by atoms with Crippen LogP contribution in [0, 0.1) is 0 Å². The molecule has 20 N–H and O–H groups in total. The zero-order valence-electron chi connectivity index (χ0n) is 17.9. The second kappa shape index (κ2) is 28.4. The molecule has 2 aromatic heterocycles. The molecule has 0 aromatic carbocycles. The Morgan fingerprint density at radius 1 is 0.571 bits per heavy atom. The number of hydrogen-bond acceptors (Lipinski definition) is 10. The SMILES string of the molecule is O.O.O.O.O=C([O-])c1cncc(C(=O)[O-])c1.O=C([O-])c1cncc(C(=O)[O-])c1.[Cu+2].[NH3+]CC[NH3+].[OH3+].[OH3+]. The molecule has 0 aliphatic carbocycles. The first-order valence-corrected chi connectivity index (χ1v) is 7.48. The minimum absolute atomic E-state index is 0. The number of nitrogens with zero attached hydrogens (tertiary/aromatic N) is 2. The summed E-state index contributed by atoms with van der Waals surface area (Å²) < 4.78 is 0. The van der Waals surface area contributed by atoms with E-state index in [0.29, 0.717) is 0 Å². The van der Waals surface area contributed by atoms with Crippen LogP contribution in [0.1, 0.15) is 41.4 Å². The topological polar surface area (TPSA) is 434 Å². The van der Waals surface area contributed by atoms with Gasteiger partial charge in [-0.25, -0.2) is 0 Å².